The maximum absolute atomic E-state index is 11.9. The highest BCUT2D eigenvalue weighted by molar-refractivity contribution is 5.87. The Morgan fingerprint density at radius 3 is 2.19 bits per heavy atom. The summed E-state index contributed by atoms with van der Waals surface area (Å²) in [6, 6.07) is 15.3. The van der Waals surface area contributed by atoms with Crippen LogP contribution >= 0.6 is 0 Å². The Kier molecular flexibility index (Phi) is 6.32. The van der Waals surface area contributed by atoms with E-state index in [1.807, 2.05) is 42.5 Å². The second-order valence-electron chi connectivity index (χ2n) is 7.68. The van der Waals surface area contributed by atoms with Gasteiger partial charge in [0.1, 0.15) is 28.6 Å². The molecular formula is C25H28O6. The minimum atomic E-state index is -1.14. The van der Waals surface area contributed by atoms with Crippen LogP contribution in [0.1, 0.15) is 37.3 Å². The van der Waals surface area contributed by atoms with E-state index in [4.69, 9.17) is 23.7 Å². The number of benzene rings is 3. The second-order valence-corrected chi connectivity index (χ2v) is 7.68. The summed E-state index contributed by atoms with van der Waals surface area (Å²) >= 11 is 0. The molecule has 3 aromatic rings. The molecule has 4 rings (SSSR count). The Hall–Kier alpha value is -2.80. The zero-order chi connectivity index (χ0) is 21.8. The van der Waals surface area contributed by atoms with Gasteiger partial charge in [-0.15, -0.1) is 0 Å². The molecule has 0 aliphatic carbocycles. The van der Waals surface area contributed by atoms with Crippen molar-refractivity contribution in [3.05, 3.63) is 59.7 Å². The number of unbranched alkanes of at least 4 members (excludes halogenated alkanes) is 1. The molecule has 1 unspecified atom stereocenters. The van der Waals surface area contributed by atoms with Gasteiger partial charge in [0, 0.05) is 31.4 Å². The Morgan fingerprint density at radius 1 is 0.806 bits per heavy atom. The van der Waals surface area contributed by atoms with E-state index in [1.54, 1.807) is 20.3 Å². The van der Waals surface area contributed by atoms with Crippen molar-refractivity contribution in [2.24, 2.45) is 0 Å². The summed E-state index contributed by atoms with van der Waals surface area (Å²) in [5.41, 5.74) is 0.382. The van der Waals surface area contributed by atoms with Crippen LogP contribution in [-0.4, -0.2) is 32.9 Å². The number of hydrogen-bond donors (Lipinski definition) is 1. The molecule has 6 heteroatoms. The molecule has 3 aromatic carbocycles. The first kappa shape index (κ1) is 21.4. The van der Waals surface area contributed by atoms with Crippen LogP contribution in [0.5, 0.6) is 23.0 Å². The van der Waals surface area contributed by atoms with Crippen LogP contribution in [0.3, 0.4) is 0 Å². The third-order valence-electron chi connectivity index (χ3n) is 5.55. The standard InChI is InChI=1S/C25H28O6/c1-4-5-10-25(26)21-9-8-20(30-16-28-3)14-24(21)31-23-13-18-11-19(29-15-27-2)7-6-17(18)12-22(23)25/h6-9,11-14,26H,4-5,10,15-16H2,1-3H3. The number of hydrogen-bond acceptors (Lipinski definition) is 6. The van der Waals surface area contributed by atoms with Crippen molar-refractivity contribution in [2.45, 2.75) is 31.8 Å². The minimum Gasteiger partial charge on any atom is -0.468 e. The Morgan fingerprint density at radius 2 is 1.48 bits per heavy atom. The zero-order valence-corrected chi connectivity index (χ0v) is 18.1. The molecule has 0 bridgehead atoms. The average molecular weight is 424 g/mol. The largest absolute Gasteiger partial charge is 0.468 e. The Labute approximate surface area is 182 Å². The van der Waals surface area contributed by atoms with E-state index in [9.17, 15) is 5.11 Å². The lowest BCUT2D eigenvalue weighted by molar-refractivity contribution is 0.0493. The van der Waals surface area contributed by atoms with Gasteiger partial charge in [-0.05, 0) is 53.6 Å². The number of methoxy groups -OCH3 is 2. The van der Waals surface area contributed by atoms with E-state index in [-0.39, 0.29) is 13.6 Å². The van der Waals surface area contributed by atoms with Crippen LogP contribution in [0.25, 0.3) is 10.8 Å². The van der Waals surface area contributed by atoms with Gasteiger partial charge in [0.25, 0.3) is 0 Å². The lowest BCUT2D eigenvalue weighted by atomic mass is 9.79. The Balaban J connectivity index is 1.80. The minimum absolute atomic E-state index is 0.143. The van der Waals surface area contributed by atoms with Crippen LogP contribution < -0.4 is 14.2 Å². The predicted molar refractivity (Wildman–Crippen MR) is 118 cm³/mol. The molecule has 1 N–H and O–H groups in total. The van der Waals surface area contributed by atoms with Crippen LogP contribution in [0.2, 0.25) is 0 Å². The van der Waals surface area contributed by atoms with Gasteiger partial charge < -0.3 is 28.8 Å². The summed E-state index contributed by atoms with van der Waals surface area (Å²) in [6.07, 6.45) is 2.47. The van der Waals surface area contributed by atoms with Gasteiger partial charge in [0.15, 0.2) is 13.6 Å². The van der Waals surface area contributed by atoms with Gasteiger partial charge in [0.2, 0.25) is 0 Å². The van der Waals surface area contributed by atoms with Crippen molar-refractivity contribution < 1.29 is 28.8 Å². The third kappa shape index (κ3) is 4.19. The number of aliphatic hydroxyl groups is 1. The molecule has 164 valence electrons. The van der Waals surface area contributed by atoms with Gasteiger partial charge in [-0.3, -0.25) is 0 Å². The van der Waals surface area contributed by atoms with E-state index in [1.165, 1.54) is 0 Å². The molecule has 1 atom stereocenters. The molecule has 0 saturated carbocycles. The molecule has 0 radical (unpaired) electrons. The zero-order valence-electron chi connectivity index (χ0n) is 18.1. The van der Waals surface area contributed by atoms with Crippen molar-refractivity contribution in [3.63, 3.8) is 0 Å². The molecule has 6 nitrogen and oxygen atoms in total. The summed E-state index contributed by atoms with van der Waals surface area (Å²) in [5, 5.41) is 13.9. The Bertz CT molecular complexity index is 1060. The van der Waals surface area contributed by atoms with Crippen LogP contribution in [0.15, 0.2) is 48.5 Å². The number of fused-ring (bicyclic) bond motifs is 3. The van der Waals surface area contributed by atoms with Gasteiger partial charge >= 0.3 is 0 Å². The quantitative estimate of drug-likeness (QED) is 0.468. The van der Waals surface area contributed by atoms with E-state index < -0.39 is 5.60 Å². The maximum atomic E-state index is 11.9. The molecule has 1 aliphatic heterocycles. The van der Waals surface area contributed by atoms with Gasteiger partial charge in [-0.25, -0.2) is 0 Å². The molecule has 1 heterocycles. The molecule has 0 amide bonds. The van der Waals surface area contributed by atoms with Crippen LogP contribution in [-0.2, 0) is 15.1 Å². The summed E-state index contributed by atoms with van der Waals surface area (Å²) in [7, 11) is 3.16. The lowest BCUT2D eigenvalue weighted by Gasteiger charge is -2.36. The summed E-state index contributed by atoms with van der Waals surface area (Å²) in [5.74, 6) is 2.55. The smallest absolute Gasteiger partial charge is 0.188 e. The van der Waals surface area contributed by atoms with Crippen molar-refractivity contribution in [1.82, 2.24) is 0 Å². The van der Waals surface area contributed by atoms with E-state index in [0.29, 0.717) is 29.4 Å². The fourth-order valence-electron chi connectivity index (χ4n) is 3.99. The highest BCUT2D eigenvalue weighted by Crippen LogP contribution is 2.51. The fraction of sp³-hybridized carbons (Fsp3) is 0.360. The number of rotatable bonds is 9. The first-order valence-corrected chi connectivity index (χ1v) is 10.5. The molecular weight excluding hydrogens is 396 g/mol. The lowest BCUT2D eigenvalue weighted by Crippen LogP contribution is -2.31. The monoisotopic (exact) mass is 424 g/mol. The second kappa shape index (κ2) is 9.14. The summed E-state index contributed by atoms with van der Waals surface area (Å²) < 4.78 is 27.4. The van der Waals surface area contributed by atoms with Crippen molar-refractivity contribution in [2.75, 3.05) is 27.8 Å². The third-order valence-corrected chi connectivity index (χ3v) is 5.55. The molecule has 0 spiro atoms. The van der Waals surface area contributed by atoms with Gasteiger partial charge in [0.05, 0.1) is 0 Å². The van der Waals surface area contributed by atoms with Crippen molar-refractivity contribution in [1.29, 1.82) is 0 Å². The molecule has 31 heavy (non-hydrogen) atoms. The fourth-order valence-corrected chi connectivity index (χ4v) is 3.99. The van der Waals surface area contributed by atoms with E-state index >= 15 is 0 Å². The molecule has 0 saturated heterocycles. The van der Waals surface area contributed by atoms with Crippen molar-refractivity contribution >= 4 is 10.8 Å². The summed E-state index contributed by atoms with van der Waals surface area (Å²) in [6.45, 7) is 2.44. The first-order chi connectivity index (χ1) is 15.1. The first-order valence-electron chi connectivity index (χ1n) is 10.5. The van der Waals surface area contributed by atoms with E-state index in [0.717, 1.165) is 34.7 Å². The molecule has 0 aromatic heterocycles. The molecule has 0 fully saturated rings. The van der Waals surface area contributed by atoms with Crippen LogP contribution in [0.4, 0.5) is 0 Å². The van der Waals surface area contributed by atoms with Crippen LogP contribution in [0, 0.1) is 0 Å². The van der Waals surface area contributed by atoms with Crippen molar-refractivity contribution in [3.8, 4) is 23.0 Å². The number of ether oxygens (including phenoxy) is 5. The maximum Gasteiger partial charge on any atom is 0.188 e. The highest BCUT2D eigenvalue weighted by atomic mass is 16.7. The van der Waals surface area contributed by atoms with Gasteiger partial charge in [-0.2, -0.15) is 0 Å². The normalized spacial score (nSPS) is 17.0. The van der Waals surface area contributed by atoms with Gasteiger partial charge in [-0.1, -0.05) is 25.8 Å². The predicted octanol–water partition coefficient (Wildman–Crippen LogP) is 5.34. The highest BCUT2D eigenvalue weighted by Gasteiger charge is 2.40. The van der Waals surface area contributed by atoms with E-state index in [2.05, 4.69) is 6.92 Å². The SMILES string of the molecule is CCCCC1(O)c2ccc(OCOC)cc2Oc2cc3cc(OCOC)ccc3cc21. The molecule has 1 aliphatic rings. The average Bonchev–Trinajstić information content (AvgIpc) is 2.79. The topological polar surface area (TPSA) is 66.4 Å². The summed E-state index contributed by atoms with van der Waals surface area (Å²) in [4.78, 5) is 0.